The number of methoxy groups -OCH3 is 2. The van der Waals surface area contributed by atoms with E-state index in [1.165, 1.54) is 20.3 Å². The van der Waals surface area contributed by atoms with E-state index < -0.39 is 5.97 Å². The van der Waals surface area contributed by atoms with E-state index in [-0.39, 0.29) is 24.4 Å². The Morgan fingerprint density at radius 2 is 2.08 bits per heavy atom. The standard InChI is InChI=1S/C16H21N3O5/c1-10-9-17-14(20)6-7-19(10)16(22)18-12-8-11(15(21)24-3)4-5-13(12)23-2/h4-5,8,10H,6-7,9H2,1-3H3,(H,17,20)(H,18,22)/t10-/m0/s1. The molecular weight excluding hydrogens is 314 g/mol. The highest BCUT2D eigenvalue weighted by molar-refractivity contribution is 5.95. The maximum absolute atomic E-state index is 12.6. The quantitative estimate of drug-likeness (QED) is 0.810. The van der Waals surface area contributed by atoms with Gasteiger partial charge in [0.1, 0.15) is 5.75 Å². The molecule has 2 N–H and O–H groups in total. The number of rotatable bonds is 3. The highest BCUT2D eigenvalue weighted by Crippen LogP contribution is 2.26. The van der Waals surface area contributed by atoms with Crippen LogP contribution in [0.25, 0.3) is 0 Å². The van der Waals surface area contributed by atoms with Crippen LogP contribution in [0.3, 0.4) is 0 Å². The molecule has 1 saturated heterocycles. The molecule has 130 valence electrons. The smallest absolute Gasteiger partial charge is 0.337 e. The van der Waals surface area contributed by atoms with Crippen LogP contribution >= 0.6 is 0 Å². The van der Waals surface area contributed by atoms with Crippen molar-refractivity contribution in [2.24, 2.45) is 0 Å². The third-order valence-corrected chi connectivity index (χ3v) is 3.83. The molecular formula is C16H21N3O5. The molecule has 1 fully saturated rings. The van der Waals surface area contributed by atoms with Gasteiger partial charge >= 0.3 is 12.0 Å². The van der Waals surface area contributed by atoms with Gasteiger partial charge in [-0.3, -0.25) is 4.79 Å². The van der Waals surface area contributed by atoms with Crippen molar-refractivity contribution in [1.82, 2.24) is 10.2 Å². The average Bonchev–Trinajstić information content (AvgIpc) is 2.75. The Kier molecular flexibility index (Phi) is 5.62. The molecule has 0 saturated carbocycles. The molecule has 0 bridgehead atoms. The van der Waals surface area contributed by atoms with Crippen LogP contribution < -0.4 is 15.4 Å². The molecule has 8 heteroatoms. The summed E-state index contributed by atoms with van der Waals surface area (Å²) in [6.07, 6.45) is 0.247. The van der Waals surface area contributed by atoms with Crippen LogP contribution in [0.4, 0.5) is 10.5 Å². The van der Waals surface area contributed by atoms with Crippen molar-refractivity contribution in [3.63, 3.8) is 0 Å². The van der Waals surface area contributed by atoms with Gasteiger partial charge in [0.05, 0.1) is 25.5 Å². The van der Waals surface area contributed by atoms with Crippen molar-refractivity contribution in [3.8, 4) is 5.75 Å². The number of nitrogens with one attached hydrogen (secondary N) is 2. The van der Waals surface area contributed by atoms with Crippen molar-refractivity contribution >= 4 is 23.6 Å². The zero-order valence-electron chi connectivity index (χ0n) is 13.9. The third kappa shape index (κ3) is 3.95. The molecule has 0 radical (unpaired) electrons. The van der Waals surface area contributed by atoms with Gasteiger partial charge in [0.15, 0.2) is 0 Å². The topological polar surface area (TPSA) is 97.0 Å². The molecule has 1 aliphatic rings. The second kappa shape index (κ2) is 7.67. The Morgan fingerprint density at radius 1 is 1.33 bits per heavy atom. The van der Waals surface area contributed by atoms with E-state index in [1.54, 1.807) is 17.0 Å². The molecule has 1 heterocycles. The van der Waals surface area contributed by atoms with E-state index >= 15 is 0 Å². The van der Waals surface area contributed by atoms with Crippen molar-refractivity contribution in [1.29, 1.82) is 0 Å². The fourth-order valence-corrected chi connectivity index (χ4v) is 2.44. The van der Waals surface area contributed by atoms with Crippen molar-refractivity contribution in [3.05, 3.63) is 23.8 Å². The first-order valence-corrected chi connectivity index (χ1v) is 7.57. The molecule has 0 aliphatic carbocycles. The lowest BCUT2D eigenvalue weighted by Crippen LogP contribution is -2.44. The normalized spacial score (nSPS) is 17.5. The summed E-state index contributed by atoms with van der Waals surface area (Å²) in [5.74, 6) is -0.166. The summed E-state index contributed by atoms with van der Waals surface area (Å²) in [5.41, 5.74) is 0.662. The maximum atomic E-state index is 12.6. The molecule has 1 atom stereocenters. The lowest BCUT2D eigenvalue weighted by molar-refractivity contribution is -0.120. The summed E-state index contributed by atoms with van der Waals surface area (Å²) < 4.78 is 9.90. The molecule has 1 aromatic carbocycles. The Morgan fingerprint density at radius 3 is 2.75 bits per heavy atom. The van der Waals surface area contributed by atoms with Gasteiger partial charge in [-0.2, -0.15) is 0 Å². The van der Waals surface area contributed by atoms with Crippen molar-refractivity contribution in [2.75, 3.05) is 32.6 Å². The number of benzene rings is 1. The molecule has 0 unspecified atom stereocenters. The third-order valence-electron chi connectivity index (χ3n) is 3.83. The number of amides is 3. The van der Waals surface area contributed by atoms with E-state index in [0.29, 0.717) is 30.1 Å². The van der Waals surface area contributed by atoms with Gasteiger partial charge in [0, 0.05) is 25.6 Å². The van der Waals surface area contributed by atoms with Crippen LogP contribution in [0.1, 0.15) is 23.7 Å². The summed E-state index contributed by atoms with van der Waals surface area (Å²) in [7, 11) is 2.76. The minimum absolute atomic E-state index is 0.0811. The number of carbonyl (C=O) groups excluding carboxylic acids is 3. The van der Waals surface area contributed by atoms with Crippen LogP contribution in [-0.2, 0) is 9.53 Å². The Hall–Kier alpha value is -2.77. The Balaban J connectivity index is 2.20. The molecule has 0 spiro atoms. The zero-order valence-corrected chi connectivity index (χ0v) is 13.9. The van der Waals surface area contributed by atoms with Crippen LogP contribution in [0.2, 0.25) is 0 Å². The highest BCUT2D eigenvalue weighted by Gasteiger charge is 2.25. The molecule has 3 amide bonds. The van der Waals surface area contributed by atoms with Gasteiger partial charge < -0.3 is 25.0 Å². The lowest BCUT2D eigenvalue weighted by atomic mass is 10.2. The Labute approximate surface area is 140 Å². The monoisotopic (exact) mass is 335 g/mol. The highest BCUT2D eigenvalue weighted by atomic mass is 16.5. The summed E-state index contributed by atoms with van der Waals surface area (Å²) in [6.45, 7) is 2.57. The Bertz CT molecular complexity index is 647. The molecule has 24 heavy (non-hydrogen) atoms. The number of nitrogens with zero attached hydrogens (tertiary/aromatic N) is 1. The number of urea groups is 1. The van der Waals surface area contributed by atoms with E-state index in [0.717, 1.165) is 0 Å². The van der Waals surface area contributed by atoms with Gasteiger partial charge in [0.2, 0.25) is 5.91 Å². The summed E-state index contributed by atoms with van der Waals surface area (Å²) in [4.78, 5) is 37.3. The summed E-state index contributed by atoms with van der Waals surface area (Å²) >= 11 is 0. The number of esters is 1. The second-order valence-corrected chi connectivity index (χ2v) is 5.43. The van der Waals surface area contributed by atoms with Crippen LogP contribution in [-0.4, -0.2) is 56.2 Å². The number of hydrogen-bond donors (Lipinski definition) is 2. The largest absolute Gasteiger partial charge is 0.495 e. The van der Waals surface area contributed by atoms with Gasteiger partial charge in [-0.1, -0.05) is 0 Å². The first-order chi connectivity index (χ1) is 11.5. The van der Waals surface area contributed by atoms with Gasteiger partial charge in [-0.15, -0.1) is 0 Å². The number of carbonyl (C=O) groups is 3. The van der Waals surface area contributed by atoms with Crippen LogP contribution in [0, 0.1) is 0 Å². The van der Waals surface area contributed by atoms with Gasteiger partial charge in [0.25, 0.3) is 0 Å². The second-order valence-electron chi connectivity index (χ2n) is 5.43. The predicted octanol–water partition coefficient (Wildman–Crippen LogP) is 1.22. The first-order valence-electron chi connectivity index (χ1n) is 7.57. The molecule has 0 aromatic heterocycles. The fourth-order valence-electron chi connectivity index (χ4n) is 2.44. The minimum Gasteiger partial charge on any atom is -0.495 e. The number of hydrogen-bond acceptors (Lipinski definition) is 5. The molecule has 1 aromatic rings. The van der Waals surface area contributed by atoms with E-state index in [4.69, 9.17) is 4.74 Å². The SMILES string of the molecule is COC(=O)c1ccc(OC)c(NC(=O)N2CCC(=O)NC[C@@H]2C)c1. The molecule has 8 nitrogen and oxygen atoms in total. The number of anilines is 1. The van der Waals surface area contributed by atoms with Gasteiger partial charge in [-0.05, 0) is 25.1 Å². The summed E-state index contributed by atoms with van der Waals surface area (Å²) in [6, 6.07) is 4.12. The lowest BCUT2D eigenvalue weighted by Gasteiger charge is -2.27. The number of ether oxygens (including phenoxy) is 2. The van der Waals surface area contributed by atoms with Gasteiger partial charge in [-0.25, -0.2) is 9.59 Å². The predicted molar refractivity (Wildman–Crippen MR) is 87.1 cm³/mol. The van der Waals surface area contributed by atoms with Crippen molar-refractivity contribution in [2.45, 2.75) is 19.4 Å². The van der Waals surface area contributed by atoms with E-state index in [9.17, 15) is 14.4 Å². The fraction of sp³-hybridized carbons (Fsp3) is 0.438. The van der Waals surface area contributed by atoms with E-state index in [1.807, 2.05) is 6.92 Å². The average molecular weight is 335 g/mol. The first kappa shape index (κ1) is 17.6. The minimum atomic E-state index is -0.508. The van der Waals surface area contributed by atoms with E-state index in [2.05, 4.69) is 15.4 Å². The van der Waals surface area contributed by atoms with Crippen molar-refractivity contribution < 1.29 is 23.9 Å². The molecule has 2 rings (SSSR count). The zero-order chi connectivity index (χ0) is 17.7. The van der Waals surface area contributed by atoms with Crippen LogP contribution in [0.15, 0.2) is 18.2 Å². The van der Waals surface area contributed by atoms with Crippen LogP contribution in [0.5, 0.6) is 5.75 Å². The molecule has 1 aliphatic heterocycles. The summed E-state index contributed by atoms with van der Waals surface area (Å²) in [5, 5.41) is 5.49. The maximum Gasteiger partial charge on any atom is 0.337 e.